The highest BCUT2D eigenvalue weighted by atomic mass is 14.9. The van der Waals surface area contributed by atoms with Gasteiger partial charge in [-0.1, -0.05) is 37.1 Å². The van der Waals surface area contributed by atoms with E-state index in [1.54, 1.807) is 0 Å². The summed E-state index contributed by atoms with van der Waals surface area (Å²) in [7, 11) is 0. The molecule has 0 radical (unpaired) electrons. The first-order valence-corrected chi connectivity index (χ1v) is 7.75. The molecule has 2 atom stereocenters. The highest BCUT2D eigenvalue weighted by molar-refractivity contribution is 5.47. The van der Waals surface area contributed by atoms with Gasteiger partial charge in [-0.15, -0.1) is 0 Å². The van der Waals surface area contributed by atoms with Crippen molar-refractivity contribution in [3.63, 3.8) is 0 Å². The van der Waals surface area contributed by atoms with E-state index in [0.29, 0.717) is 0 Å². The molecule has 2 aromatic rings. The standard InChI is InChI=1S/C18H24N4/c19-15-7-3-13(4-8-15)17(21)11-1-2-12-18(17,22)14-5-9-16(20)10-6-14/h3-10H,1-2,11-12,19-22H2. The molecular weight excluding hydrogens is 272 g/mol. The van der Waals surface area contributed by atoms with Gasteiger partial charge in [-0.25, -0.2) is 0 Å². The van der Waals surface area contributed by atoms with Gasteiger partial charge in [0.1, 0.15) is 0 Å². The van der Waals surface area contributed by atoms with Gasteiger partial charge in [0.25, 0.3) is 0 Å². The molecule has 116 valence electrons. The molecular formula is C18H24N4. The molecule has 4 heteroatoms. The minimum Gasteiger partial charge on any atom is -0.399 e. The van der Waals surface area contributed by atoms with E-state index in [2.05, 4.69) is 0 Å². The first-order valence-electron chi connectivity index (χ1n) is 7.75. The van der Waals surface area contributed by atoms with E-state index >= 15 is 0 Å². The van der Waals surface area contributed by atoms with Crippen molar-refractivity contribution in [3.8, 4) is 0 Å². The smallest absolute Gasteiger partial charge is 0.0634 e. The fourth-order valence-corrected chi connectivity index (χ4v) is 3.62. The van der Waals surface area contributed by atoms with Crippen molar-refractivity contribution in [1.82, 2.24) is 0 Å². The zero-order valence-corrected chi connectivity index (χ0v) is 12.8. The lowest BCUT2D eigenvalue weighted by molar-refractivity contribution is 0.146. The second-order valence-electron chi connectivity index (χ2n) is 6.39. The zero-order chi connectivity index (χ0) is 15.8. The Morgan fingerprint density at radius 2 is 0.909 bits per heavy atom. The van der Waals surface area contributed by atoms with Crippen molar-refractivity contribution in [1.29, 1.82) is 0 Å². The molecule has 0 heterocycles. The van der Waals surface area contributed by atoms with Crippen LogP contribution in [0.1, 0.15) is 36.8 Å². The Labute approximate surface area is 131 Å². The van der Waals surface area contributed by atoms with Crippen LogP contribution < -0.4 is 22.9 Å². The third-order valence-corrected chi connectivity index (χ3v) is 5.04. The van der Waals surface area contributed by atoms with Crippen molar-refractivity contribution in [2.75, 3.05) is 11.5 Å². The zero-order valence-electron chi connectivity index (χ0n) is 12.8. The van der Waals surface area contributed by atoms with Crippen molar-refractivity contribution < 1.29 is 0 Å². The van der Waals surface area contributed by atoms with E-state index in [-0.39, 0.29) is 0 Å². The Balaban J connectivity index is 2.10. The first-order chi connectivity index (χ1) is 10.5. The first kappa shape index (κ1) is 14.9. The lowest BCUT2D eigenvalue weighted by Gasteiger charge is -2.50. The Morgan fingerprint density at radius 3 is 1.23 bits per heavy atom. The number of nitrogen functional groups attached to an aromatic ring is 2. The van der Waals surface area contributed by atoms with E-state index < -0.39 is 11.1 Å². The summed E-state index contributed by atoms with van der Waals surface area (Å²) >= 11 is 0. The van der Waals surface area contributed by atoms with Gasteiger partial charge in [-0.05, 0) is 48.2 Å². The molecule has 4 nitrogen and oxygen atoms in total. The maximum Gasteiger partial charge on any atom is 0.0634 e. The maximum absolute atomic E-state index is 6.88. The van der Waals surface area contributed by atoms with E-state index in [0.717, 1.165) is 48.2 Å². The molecule has 22 heavy (non-hydrogen) atoms. The third kappa shape index (κ3) is 2.25. The van der Waals surface area contributed by atoms with Gasteiger partial charge in [0, 0.05) is 11.4 Å². The van der Waals surface area contributed by atoms with Crippen LogP contribution in [0.2, 0.25) is 0 Å². The highest BCUT2D eigenvalue weighted by Crippen LogP contribution is 2.47. The second-order valence-corrected chi connectivity index (χ2v) is 6.39. The molecule has 1 saturated carbocycles. The Kier molecular flexibility index (Phi) is 3.59. The molecule has 0 aromatic heterocycles. The lowest BCUT2D eigenvalue weighted by atomic mass is 9.62. The predicted octanol–water partition coefficient (Wildman–Crippen LogP) is 2.43. The van der Waals surface area contributed by atoms with Gasteiger partial charge in [0.05, 0.1) is 11.1 Å². The Morgan fingerprint density at radius 1 is 0.591 bits per heavy atom. The largest absolute Gasteiger partial charge is 0.399 e. The number of hydrogen-bond acceptors (Lipinski definition) is 4. The average molecular weight is 296 g/mol. The molecule has 1 aliphatic carbocycles. The third-order valence-electron chi connectivity index (χ3n) is 5.04. The molecule has 2 aromatic carbocycles. The summed E-state index contributed by atoms with van der Waals surface area (Å²) in [4.78, 5) is 0. The predicted molar refractivity (Wildman–Crippen MR) is 91.9 cm³/mol. The van der Waals surface area contributed by atoms with Crippen molar-refractivity contribution in [3.05, 3.63) is 59.7 Å². The fraction of sp³-hybridized carbons (Fsp3) is 0.333. The normalized spacial score (nSPS) is 28.5. The van der Waals surface area contributed by atoms with Gasteiger partial charge in [0.2, 0.25) is 0 Å². The number of nitrogens with two attached hydrogens (primary N) is 4. The number of rotatable bonds is 2. The van der Waals surface area contributed by atoms with Crippen LogP contribution in [0.5, 0.6) is 0 Å². The summed E-state index contributed by atoms with van der Waals surface area (Å²) in [6, 6.07) is 15.6. The number of benzene rings is 2. The molecule has 1 fully saturated rings. The summed E-state index contributed by atoms with van der Waals surface area (Å²) in [6.45, 7) is 0. The van der Waals surface area contributed by atoms with E-state index in [1.807, 2.05) is 48.5 Å². The van der Waals surface area contributed by atoms with Crippen molar-refractivity contribution >= 4 is 11.4 Å². The molecule has 0 amide bonds. The van der Waals surface area contributed by atoms with Crippen LogP contribution in [0.3, 0.4) is 0 Å². The SMILES string of the molecule is Nc1ccc(C2(N)CCCCC2(N)c2ccc(N)cc2)cc1. The van der Waals surface area contributed by atoms with Crippen LogP contribution in [0.25, 0.3) is 0 Å². The number of hydrogen-bond donors (Lipinski definition) is 4. The van der Waals surface area contributed by atoms with Crippen LogP contribution in [0.15, 0.2) is 48.5 Å². The van der Waals surface area contributed by atoms with E-state index in [1.165, 1.54) is 0 Å². The molecule has 1 aliphatic rings. The molecule has 3 rings (SSSR count). The van der Waals surface area contributed by atoms with Crippen LogP contribution in [0, 0.1) is 0 Å². The quantitative estimate of drug-likeness (QED) is 0.639. The van der Waals surface area contributed by atoms with Gasteiger partial charge >= 0.3 is 0 Å². The van der Waals surface area contributed by atoms with Crippen LogP contribution in [-0.2, 0) is 11.1 Å². The van der Waals surface area contributed by atoms with Gasteiger partial charge in [-0.2, -0.15) is 0 Å². The van der Waals surface area contributed by atoms with Gasteiger partial charge in [-0.3, -0.25) is 0 Å². The summed E-state index contributed by atoms with van der Waals surface area (Å²) < 4.78 is 0. The fourth-order valence-electron chi connectivity index (χ4n) is 3.62. The molecule has 0 saturated heterocycles. The summed E-state index contributed by atoms with van der Waals surface area (Å²) in [5.74, 6) is 0. The minimum atomic E-state index is -0.602. The monoisotopic (exact) mass is 296 g/mol. The van der Waals surface area contributed by atoms with Gasteiger partial charge in [0.15, 0.2) is 0 Å². The Bertz CT molecular complexity index is 590. The van der Waals surface area contributed by atoms with Gasteiger partial charge < -0.3 is 22.9 Å². The minimum absolute atomic E-state index is 0.602. The van der Waals surface area contributed by atoms with Crippen LogP contribution in [-0.4, -0.2) is 0 Å². The average Bonchev–Trinajstić information content (AvgIpc) is 2.51. The Hall–Kier alpha value is -2.04. The second kappa shape index (κ2) is 5.30. The van der Waals surface area contributed by atoms with E-state index in [4.69, 9.17) is 22.9 Å². The molecule has 0 aliphatic heterocycles. The topological polar surface area (TPSA) is 104 Å². The summed E-state index contributed by atoms with van der Waals surface area (Å²) in [6.07, 6.45) is 3.87. The summed E-state index contributed by atoms with van der Waals surface area (Å²) in [5, 5.41) is 0. The molecule has 2 unspecified atom stereocenters. The number of anilines is 2. The lowest BCUT2D eigenvalue weighted by Crippen LogP contribution is -2.62. The highest BCUT2D eigenvalue weighted by Gasteiger charge is 2.49. The van der Waals surface area contributed by atoms with Crippen molar-refractivity contribution in [2.45, 2.75) is 36.8 Å². The molecule has 0 spiro atoms. The summed E-state index contributed by atoms with van der Waals surface area (Å²) in [5.41, 5.74) is 27.7. The molecule has 8 N–H and O–H groups in total. The molecule has 0 bridgehead atoms. The van der Waals surface area contributed by atoms with Crippen LogP contribution >= 0.6 is 0 Å². The van der Waals surface area contributed by atoms with Crippen molar-refractivity contribution in [2.24, 2.45) is 11.5 Å². The maximum atomic E-state index is 6.88. The van der Waals surface area contributed by atoms with E-state index in [9.17, 15) is 0 Å². The van der Waals surface area contributed by atoms with Crippen LogP contribution in [0.4, 0.5) is 11.4 Å².